The highest BCUT2D eigenvalue weighted by Gasteiger charge is 2.17. The number of halogens is 2. The molecule has 0 saturated carbocycles. The molecule has 0 aliphatic rings. The molecule has 0 atom stereocenters. The highest BCUT2D eigenvalue weighted by molar-refractivity contribution is 6.32. The molecule has 0 N–H and O–H groups in total. The summed E-state index contributed by atoms with van der Waals surface area (Å²) in [5.74, 6) is -0.526. The lowest BCUT2D eigenvalue weighted by Gasteiger charge is -2.01. The summed E-state index contributed by atoms with van der Waals surface area (Å²) < 4.78 is 0.995. The lowest BCUT2D eigenvalue weighted by atomic mass is 10.2. The van der Waals surface area contributed by atoms with Crippen LogP contribution >= 0.6 is 23.2 Å². The molecule has 6 nitrogen and oxygen atoms in total. The van der Waals surface area contributed by atoms with Crippen LogP contribution in [0.5, 0.6) is 0 Å². The molecule has 0 aliphatic heterocycles. The summed E-state index contributed by atoms with van der Waals surface area (Å²) in [6.07, 6.45) is 2.61. The molecule has 2 rings (SSSR count). The molecule has 8 heteroatoms. The number of nitro groups is 1. The Labute approximate surface area is 111 Å². The Bertz CT molecular complexity index is 639. The normalized spacial score (nSPS) is 10.3. The number of carbonyl (C=O) groups excluding carboxylic acids is 1. The van der Waals surface area contributed by atoms with Crippen molar-refractivity contribution in [2.24, 2.45) is 0 Å². The van der Waals surface area contributed by atoms with Crippen LogP contribution in [0.15, 0.2) is 30.6 Å². The smallest absolute Gasteiger partial charge is 0.267 e. The van der Waals surface area contributed by atoms with E-state index in [-0.39, 0.29) is 16.3 Å². The number of hydrogen-bond acceptors (Lipinski definition) is 4. The van der Waals surface area contributed by atoms with Crippen LogP contribution in [0.1, 0.15) is 10.4 Å². The largest absolute Gasteiger partial charge is 0.288 e. The number of carbonyl (C=O) groups is 1. The van der Waals surface area contributed by atoms with Gasteiger partial charge in [0.1, 0.15) is 5.02 Å². The van der Waals surface area contributed by atoms with E-state index >= 15 is 0 Å². The van der Waals surface area contributed by atoms with Crippen molar-refractivity contribution in [3.8, 4) is 0 Å². The summed E-state index contributed by atoms with van der Waals surface area (Å²) in [7, 11) is 0. The minimum Gasteiger partial charge on any atom is -0.267 e. The maximum atomic E-state index is 11.9. The maximum absolute atomic E-state index is 11.9. The van der Waals surface area contributed by atoms with Gasteiger partial charge in [0.2, 0.25) is 0 Å². The first-order chi connectivity index (χ1) is 8.49. The predicted molar refractivity (Wildman–Crippen MR) is 65.1 cm³/mol. The molecule has 1 heterocycles. The predicted octanol–water partition coefficient (Wildman–Crippen LogP) is 2.79. The molecule has 92 valence electrons. The molecule has 2 aromatic rings. The topological polar surface area (TPSA) is 78.0 Å². The van der Waals surface area contributed by atoms with Gasteiger partial charge in [-0.1, -0.05) is 23.2 Å². The summed E-state index contributed by atoms with van der Waals surface area (Å²) in [4.78, 5) is 22.0. The Morgan fingerprint density at radius 1 is 1.39 bits per heavy atom. The monoisotopic (exact) mass is 285 g/mol. The minimum atomic E-state index is -0.658. The van der Waals surface area contributed by atoms with E-state index in [1.54, 1.807) is 0 Å². The Balaban J connectivity index is 2.43. The zero-order valence-electron chi connectivity index (χ0n) is 8.71. The van der Waals surface area contributed by atoms with E-state index in [1.807, 2.05) is 0 Å². The number of nitro benzene ring substituents is 1. The molecule has 0 aliphatic carbocycles. The molecular formula is C10H5Cl2N3O3. The van der Waals surface area contributed by atoms with Gasteiger partial charge in [-0.15, -0.1) is 0 Å². The molecule has 1 aromatic heterocycles. The van der Waals surface area contributed by atoms with E-state index in [4.69, 9.17) is 23.2 Å². The molecule has 0 amide bonds. The first-order valence-corrected chi connectivity index (χ1v) is 5.43. The van der Waals surface area contributed by atoms with E-state index in [1.165, 1.54) is 24.5 Å². The highest BCUT2D eigenvalue weighted by atomic mass is 35.5. The van der Waals surface area contributed by atoms with Crippen LogP contribution in [0.25, 0.3) is 0 Å². The third-order valence-electron chi connectivity index (χ3n) is 2.15. The van der Waals surface area contributed by atoms with Gasteiger partial charge in [0, 0.05) is 11.6 Å². The van der Waals surface area contributed by atoms with Gasteiger partial charge in [-0.25, -0.2) is 4.68 Å². The zero-order valence-corrected chi connectivity index (χ0v) is 10.2. The van der Waals surface area contributed by atoms with Gasteiger partial charge in [0.15, 0.2) is 0 Å². The van der Waals surface area contributed by atoms with Gasteiger partial charge >= 0.3 is 0 Å². The van der Waals surface area contributed by atoms with Crippen LogP contribution in [-0.2, 0) is 0 Å². The van der Waals surface area contributed by atoms with Gasteiger partial charge < -0.3 is 0 Å². The lowest BCUT2D eigenvalue weighted by molar-refractivity contribution is -0.384. The van der Waals surface area contributed by atoms with Crippen molar-refractivity contribution >= 4 is 34.8 Å². The van der Waals surface area contributed by atoms with Gasteiger partial charge in [0.05, 0.1) is 22.3 Å². The number of aromatic nitrogens is 2. The number of rotatable bonds is 2. The van der Waals surface area contributed by atoms with Crippen molar-refractivity contribution < 1.29 is 9.72 Å². The number of hydrogen-bond donors (Lipinski definition) is 0. The number of nitrogens with zero attached hydrogens (tertiary/aromatic N) is 3. The van der Waals surface area contributed by atoms with Gasteiger partial charge in [0.25, 0.3) is 11.6 Å². The second-order valence-electron chi connectivity index (χ2n) is 3.33. The third-order valence-corrected chi connectivity index (χ3v) is 2.66. The second-order valence-corrected chi connectivity index (χ2v) is 4.18. The molecule has 0 saturated heterocycles. The minimum absolute atomic E-state index is 0.0324. The van der Waals surface area contributed by atoms with Crippen LogP contribution < -0.4 is 0 Å². The Hall–Kier alpha value is -1.92. The quantitative estimate of drug-likeness (QED) is 0.628. The summed E-state index contributed by atoms with van der Waals surface area (Å²) in [5, 5.41) is 14.7. The van der Waals surface area contributed by atoms with Crippen LogP contribution in [0.4, 0.5) is 5.69 Å². The molecule has 0 bridgehead atoms. The second kappa shape index (κ2) is 4.75. The average molecular weight is 286 g/mol. The van der Waals surface area contributed by atoms with E-state index in [2.05, 4.69) is 5.10 Å². The fraction of sp³-hybridized carbons (Fsp3) is 0. The van der Waals surface area contributed by atoms with Crippen LogP contribution in [0, 0.1) is 10.1 Å². The number of benzene rings is 1. The summed E-state index contributed by atoms with van der Waals surface area (Å²) >= 11 is 11.3. The molecule has 0 unspecified atom stereocenters. The zero-order chi connectivity index (χ0) is 13.3. The van der Waals surface area contributed by atoms with Crippen LogP contribution in [-0.4, -0.2) is 20.6 Å². The van der Waals surface area contributed by atoms with Crippen LogP contribution in [0.3, 0.4) is 0 Å². The Kier molecular flexibility index (Phi) is 3.31. The fourth-order valence-corrected chi connectivity index (χ4v) is 1.65. The lowest BCUT2D eigenvalue weighted by Crippen LogP contribution is -2.12. The van der Waals surface area contributed by atoms with Crippen molar-refractivity contribution in [1.29, 1.82) is 0 Å². The summed E-state index contributed by atoms with van der Waals surface area (Å²) in [6, 6.07) is 3.77. The first kappa shape index (κ1) is 12.5. The third kappa shape index (κ3) is 2.34. The molecule has 0 radical (unpaired) electrons. The molecule has 0 fully saturated rings. The molecule has 18 heavy (non-hydrogen) atoms. The fourth-order valence-electron chi connectivity index (χ4n) is 1.33. The molecule has 0 spiro atoms. The van der Waals surface area contributed by atoms with Crippen molar-refractivity contribution in [3.05, 3.63) is 56.3 Å². The molecular weight excluding hydrogens is 281 g/mol. The molecule has 1 aromatic carbocycles. The van der Waals surface area contributed by atoms with Crippen LogP contribution in [0.2, 0.25) is 10.0 Å². The highest BCUT2D eigenvalue weighted by Crippen LogP contribution is 2.25. The van der Waals surface area contributed by atoms with Gasteiger partial charge in [-0.2, -0.15) is 5.10 Å². The average Bonchev–Trinajstić information content (AvgIpc) is 2.75. The van der Waals surface area contributed by atoms with E-state index in [0.29, 0.717) is 5.02 Å². The van der Waals surface area contributed by atoms with Crippen molar-refractivity contribution in [2.45, 2.75) is 0 Å². The van der Waals surface area contributed by atoms with Gasteiger partial charge in [-0.05, 0) is 12.1 Å². The SMILES string of the molecule is O=C(c1ccc(Cl)c([N+](=O)[O-])c1)n1cc(Cl)cn1. The van der Waals surface area contributed by atoms with Crippen molar-refractivity contribution in [3.63, 3.8) is 0 Å². The standard InChI is InChI=1S/C10H5Cl2N3O3/c11-7-4-13-14(5-7)10(16)6-1-2-8(12)9(3-6)15(17)18/h1-5H. The summed E-state index contributed by atoms with van der Waals surface area (Å²) in [5.41, 5.74) is -0.230. The van der Waals surface area contributed by atoms with Crippen molar-refractivity contribution in [2.75, 3.05) is 0 Å². The van der Waals surface area contributed by atoms with Crippen molar-refractivity contribution in [1.82, 2.24) is 9.78 Å². The van der Waals surface area contributed by atoms with E-state index in [0.717, 1.165) is 10.7 Å². The van der Waals surface area contributed by atoms with E-state index < -0.39 is 10.8 Å². The summed E-state index contributed by atoms with van der Waals surface area (Å²) in [6.45, 7) is 0. The first-order valence-electron chi connectivity index (χ1n) is 4.68. The maximum Gasteiger partial charge on any atom is 0.288 e. The van der Waals surface area contributed by atoms with Gasteiger partial charge in [-0.3, -0.25) is 14.9 Å². The Morgan fingerprint density at radius 3 is 2.67 bits per heavy atom. The Morgan fingerprint density at radius 2 is 2.11 bits per heavy atom. The van der Waals surface area contributed by atoms with E-state index in [9.17, 15) is 14.9 Å².